The molecule has 0 atom stereocenters. The maximum Gasteiger partial charge on any atom is 0.224 e. The van der Waals surface area contributed by atoms with Crippen LogP contribution in [0.5, 0.6) is 5.75 Å². The molecular weight excluding hydrogens is 380 g/mol. The van der Waals surface area contributed by atoms with Crippen molar-refractivity contribution in [1.82, 2.24) is 20.5 Å². The zero-order valence-corrected chi connectivity index (χ0v) is 17.7. The van der Waals surface area contributed by atoms with Gasteiger partial charge in [0.15, 0.2) is 5.96 Å². The highest BCUT2D eigenvalue weighted by molar-refractivity contribution is 5.81. The Kier molecular flexibility index (Phi) is 7.88. The zero-order valence-electron chi connectivity index (χ0n) is 17.7. The molecule has 1 amide bonds. The van der Waals surface area contributed by atoms with E-state index in [4.69, 9.17) is 4.74 Å². The number of hydrogen-bond donors (Lipinski definition) is 2. The van der Waals surface area contributed by atoms with Gasteiger partial charge in [0, 0.05) is 64.5 Å². The molecule has 1 aromatic carbocycles. The third-order valence-corrected chi connectivity index (χ3v) is 5.10. The smallest absolute Gasteiger partial charge is 0.224 e. The summed E-state index contributed by atoms with van der Waals surface area (Å²) < 4.78 is 5.37. The Bertz CT molecular complexity index is 835. The number of guanidine groups is 1. The lowest BCUT2D eigenvalue weighted by Crippen LogP contribution is -2.49. The number of aliphatic imine (C=N–C) groups is 1. The van der Waals surface area contributed by atoms with Crippen LogP contribution in [0.15, 0.2) is 53.7 Å². The number of anilines is 1. The van der Waals surface area contributed by atoms with E-state index in [0.717, 1.165) is 43.3 Å². The van der Waals surface area contributed by atoms with E-state index in [0.29, 0.717) is 25.5 Å². The summed E-state index contributed by atoms with van der Waals surface area (Å²) in [6, 6.07) is 13.8. The molecule has 0 spiro atoms. The predicted molar refractivity (Wildman–Crippen MR) is 119 cm³/mol. The standard InChI is InChI=1S/C22H30N6O2/c1-23-22(26-17-18-7-3-4-8-19(18)30-2)25-12-10-21(29)28-15-13-27(14-16-28)20-9-5-6-11-24-20/h3-9,11H,10,12-17H2,1-2H3,(H2,23,25,26). The van der Waals surface area contributed by atoms with E-state index in [-0.39, 0.29) is 5.91 Å². The average molecular weight is 411 g/mol. The van der Waals surface area contributed by atoms with Gasteiger partial charge in [-0.3, -0.25) is 9.79 Å². The van der Waals surface area contributed by atoms with Crippen LogP contribution < -0.4 is 20.3 Å². The first kappa shape index (κ1) is 21.4. The minimum atomic E-state index is 0.156. The second-order valence-electron chi connectivity index (χ2n) is 6.97. The maximum atomic E-state index is 12.5. The van der Waals surface area contributed by atoms with E-state index in [9.17, 15) is 4.79 Å². The highest BCUT2D eigenvalue weighted by Crippen LogP contribution is 2.16. The number of aromatic nitrogens is 1. The number of carbonyl (C=O) groups is 1. The highest BCUT2D eigenvalue weighted by atomic mass is 16.5. The van der Waals surface area contributed by atoms with Gasteiger partial charge in [-0.25, -0.2) is 4.98 Å². The van der Waals surface area contributed by atoms with Crippen LogP contribution in [0.4, 0.5) is 5.82 Å². The summed E-state index contributed by atoms with van der Waals surface area (Å²) >= 11 is 0. The monoisotopic (exact) mass is 410 g/mol. The van der Waals surface area contributed by atoms with Crippen LogP contribution in [-0.2, 0) is 11.3 Å². The zero-order chi connectivity index (χ0) is 21.2. The number of methoxy groups -OCH3 is 1. The van der Waals surface area contributed by atoms with Crippen molar-refractivity contribution in [3.8, 4) is 5.75 Å². The normalized spacial score (nSPS) is 14.4. The number of piperazine rings is 1. The van der Waals surface area contributed by atoms with Gasteiger partial charge in [-0.05, 0) is 18.2 Å². The molecule has 0 aliphatic carbocycles. The fourth-order valence-electron chi connectivity index (χ4n) is 3.42. The van der Waals surface area contributed by atoms with E-state index in [1.54, 1.807) is 20.4 Å². The number of para-hydroxylation sites is 1. The summed E-state index contributed by atoms with van der Waals surface area (Å²) in [5.74, 6) is 2.62. The Labute approximate surface area is 178 Å². The third kappa shape index (κ3) is 5.85. The van der Waals surface area contributed by atoms with Crippen molar-refractivity contribution in [1.29, 1.82) is 0 Å². The Balaban J connectivity index is 1.38. The maximum absolute atomic E-state index is 12.5. The first-order valence-corrected chi connectivity index (χ1v) is 10.2. The molecule has 0 saturated carbocycles. The van der Waals surface area contributed by atoms with Crippen molar-refractivity contribution in [3.05, 3.63) is 54.2 Å². The van der Waals surface area contributed by atoms with Crippen LogP contribution in [0.25, 0.3) is 0 Å². The minimum Gasteiger partial charge on any atom is -0.496 e. The van der Waals surface area contributed by atoms with E-state index in [2.05, 4.69) is 25.5 Å². The summed E-state index contributed by atoms with van der Waals surface area (Å²) in [6.45, 7) is 4.17. The Morgan fingerprint density at radius 3 is 2.57 bits per heavy atom. The molecule has 8 heteroatoms. The number of nitrogens with zero attached hydrogens (tertiary/aromatic N) is 4. The molecule has 0 unspecified atom stereocenters. The molecule has 2 aromatic rings. The number of rotatable bonds is 7. The molecule has 8 nitrogen and oxygen atoms in total. The van der Waals surface area contributed by atoms with E-state index in [1.165, 1.54) is 0 Å². The molecule has 1 aromatic heterocycles. The minimum absolute atomic E-state index is 0.156. The highest BCUT2D eigenvalue weighted by Gasteiger charge is 2.21. The molecule has 3 rings (SSSR count). The first-order valence-electron chi connectivity index (χ1n) is 10.2. The molecule has 0 radical (unpaired) electrons. The molecule has 1 aliphatic heterocycles. The summed E-state index contributed by atoms with van der Waals surface area (Å²) in [7, 11) is 3.38. The molecule has 30 heavy (non-hydrogen) atoms. The molecule has 2 N–H and O–H groups in total. The van der Waals surface area contributed by atoms with Gasteiger partial charge in [0.1, 0.15) is 11.6 Å². The number of hydrogen-bond acceptors (Lipinski definition) is 5. The molecule has 160 valence electrons. The number of amides is 1. The van der Waals surface area contributed by atoms with Gasteiger partial charge >= 0.3 is 0 Å². The van der Waals surface area contributed by atoms with Crippen LogP contribution in [0, 0.1) is 0 Å². The second-order valence-corrected chi connectivity index (χ2v) is 6.97. The summed E-state index contributed by atoms with van der Waals surface area (Å²) in [6.07, 6.45) is 2.23. The third-order valence-electron chi connectivity index (χ3n) is 5.10. The van der Waals surface area contributed by atoms with Crippen LogP contribution in [0.2, 0.25) is 0 Å². The summed E-state index contributed by atoms with van der Waals surface area (Å²) in [5.41, 5.74) is 1.05. The largest absolute Gasteiger partial charge is 0.496 e. The average Bonchev–Trinajstić information content (AvgIpc) is 2.82. The number of pyridine rings is 1. The van der Waals surface area contributed by atoms with Gasteiger partial charge in [-0.2, -0.15) is 0 Å². The molecule has 2 heterocycles. The van der Waals surface area contributed by atoms with Crippen molar-refractivity contribution in [2.24, 2.45) is 4.99 Å². The second kappa shape index (κ2) is 11.0. The van der Waals surface area contributed by atoms with Gasteiger partial charge in [-0.15, -0.1) is 0 Å². The van der Waals surface area contributed by atoms with E-state index in [1.807, 2.05) is 47.4 Å². The number of ether oxygens (including phenoxy) is 1. The van der Waals surface area contributed by atoms with Gasteiger partial charge in [0.25, 0.3) is 0 Å². The van der Waals surface area contributed by atoms with Gasteiger partial charge < -0.3 is 25.2 Å². The molecule has 0 bridgehead atoms. The fraction of sp³-hybridized carbons (Fsp3) is 0.409. The fourth-order valence-corrected chi connectivity index (χ4v) is 3.42. The summed E-state index contributed by atoms with van der Waals surface area (Å²) in [5, 5.41) is 6.47. The molecule has 1 saturated heterocycles. The van der Waals surface area contributed by atoms with Crippen molar-refractivity contribution in [2.75, 3.05) is 51.8 Å². The Morgan fingerprint density at radius 1 is 1.10 bits per heavy atom. The first-order chi connectivity index (χ1) is 14.7. The molecule has 1 aliphatic rings. The van der Waals surface area contributed by atoms with Crippen molar-refractivity contribution in [3.63, 3.8) is 0 Å². The van der Waals surface area contributed by atoms with E-state index >= 15 is 0 Å². The topological polar surface area (TPSA) is 82.1 Å². The number of benzene rings is 1. The van der Waals surface area contributed by atoms with E-state index < -0.39 is 0 Å². The lowest BCUT2D eigenvalue weighted by atomic mass is 10.2. The van der Waals surface area contributed by atoms with Gasteiger partial charge in [-0.1, -0.05) is 24.3 Å². The van der Waals surface area contributed by atoms with Crippen molar-refractivity contribution in [2.45, 2.75) is 13.0 Å². The van der Waals surface area contributed by atoms with Gasteiger partial charge in [0.2, 0.25) is 5.91 Å². The van der Waals surface area contributed by atoms with Gasteiger partial charge in [0.05, 0.1) is 7.11 Å². The molecule has 1 fully saturated rings. The van der Waals surface area contributed by atoms with Crippen LogP contribution >= 0.6 is 0 Å². The quantitative estimate of drug-likeness (QED) is 0.532. The van der Waals surface area contributed by atoms with Crippen molar-refractivity contribution >= 4 is 17.7 Å². The predicted octanol–water partition coefficient (Wildman–Crippen LogP) is 1.49. The molecular formula is C22H30N6O2. The lowest BCUT2D eigenvalue weighted by Gasteiger charge is -2.35. The number of carbonyl (C=O) groups excluding carboxylic acids is 1. The Morgan fingerprint density at radius 2 is 1.87 bits per heavy atom. The van der Waals surface area contributed by atoms with Crippen LogP contribution in [-0.4, -0.2) is 68.6 Å². The van der Waals surface area contributed by atoms with Crippen LogP contribution in [0.3, 0.4) is 0 Å². The lowest BCUT2D eigenvalue weighted by molar-refractivity contribution is -0.131. The SMILES string of the molecule is CN=C(NCCC(=O)N1CCN(c2ccccn2)CC1)NCc1ccccc1OC. The summed E-state index contributed by atoms with van der Waals surface area (Å²) in [4.78, 5) is 25.3. The van der Waals surface area contributed by atoms with Crippen LogP contribution in [0.1, 0.15) is 12.0 Å². The number of nitrogens with one attached hydrogen (secondary N) is 2. The van der Waals surface area contributed by atoms with Crippen molar-refractivity contribution < 1.29 is 9.53 Å². The Hall–Kier alpha value is -3.29.